The van der Waals surface area contributed by atoms with Crippen LogP contribution < -0.4 is 10.5 Å². The van der Waals surface area contributed by atoms with Crippen LogP contribution >= 0.6 is 11.6 Å². The average molecular weight is 312 g/mol. The summed E-state index contributed by atoms with van der Waals surface area (Å²) in [6.45, 7) is 0.0308. The van der Waals surface area contributed by atoms with E-state index in [1.54, 1.807) is 36.4 Å². The van der Waals surface area contributed by atoms with Crippen LogP contribution in [-0.2, 0) is 9.84 Å². The third-order valence-corrected chi connectivity index (χ3v) is 4.60. The molecule has 2 rings (SSSR count). The molecule has 0 aliphatic carbocycles. The molecule has 0 radical (unpaired) electrons. The number of nitrogen functional groups attached to an aromatic ring is 1. The van der Waals surface area contributed by atoms with E-state index in [1.165, 1.54) is 12.1 Å². The Balaban J connectivity index is 2.02. The molecule has 0 saturated carbocycles. The molecule has 0 aliphatic heterocycles. The molecule has 0 atom stereocenters. The average Bonchev–Trinajstić information content (AvgIpc) is 2.41. The number of hydrogen-bond donors (Lipinski definition) is 1. The van der Waals surface area contributed by atoms with Crippen LogP contribution in [0.3, 0.4) is 0 Å². The molecule has 0 unspecified atom stereocenters. The predicted molar refractivity (Wildman–Crippen MR) is 79.9 cm³/mol. The van der Waals surface area contributed by atoms with Gasteiger partial charge in [0.2, 0.25) is 0 Å². The molecular weight excluding hydrogens is 298 g/mol. The summed E-state index contributed by atoms with van der Waals surface area (Å²) in [5, 5.41) is 0.388. The largest absolute Gasteiger partial charge is 0.490 e. The fourth-order valence-electron chi connectivity index (χ4n) is 1.65. The van der Waals surface area contributed by atoms with Gasteiger partial charge in [0, 0.05) is 5.02 Å². The van der Waals surface area contributed by atoms with Crippen molar-refractivity contribution in [1.29, 1.82) is 0 Å². The number of rotatable bonds is 5. The van der Waals surface area contributed by atoms with E-state index in [0.717, 1.165) is 0 Å². The standard InChI is InChI=1S/C14H14ClNO3S/c15-11-4-3-5-12(10-11)20(17,18)9-8-19-14-7-2-1-6-13(14)16/h1-7,10H,8-9,16H2. The Morgan fingerprint density at radius 2 is 1.85 bits per heavy atom. The maximum Gasteiger partial charge on any atom is 0.181 e. The van der Waals surface area contributed by atoms with E-state index >= 15 is 0 Å². The minimum atomic E-state index is -3.42. The minimum absolute atomic E-state index is 0.0308. The number of para-hydroxylation sites is 2. The van der Waals surface area contributed by atoms with Crippen LogP contribution in [0.2, 0.25) is 5.02 Å². The quantitative estimate of drug-likeness (QED) is 0.862. The Bertz CT molecular complexity index is 701. The fraction of sp³-hybridized carbons (Fsp3) is 0.143. The van der Waals surface area contributed by atoms with Gasteiger partial charge in [0.05, 0.1) is 16.3 Å². The van der Waals surface area contributed by atoms with Gasteiger partial charge in [-0.2, -0.15) is 0 Å². The Hall–Kier alpha value is -1.72. The molecular formula is C14H14ClNO3S. The van der Waals surface area contributed by atoms with Gasteiger partial charge in [-0.05, 0) is 30.3 Å². The molecule has 4 nitrogen and oxygen atoms in total. The lowest BCUT2D eigenvalue weighted by Gasteiger charge is -2.09. The van der Waals surface area contributed by atoms with E-state index in [1.807, 2.05) is 0 Å². The van der Waals surface area contributed by atoms with Crippen molar-refractivity contribution in [3.63, 3.8) is 0 Å². The summed E-state index contributed by atoms with van der Waals surface area (Å²) in [5.74, 6) is 0.343. The molecule has 0 amide bonds. The molecule has 2 N–H and O–H groups in total. The number of sulfone groups is 1. The first-order valence-electron chi connectivity index (χ1n) is 5.95. The summed E-state index contributed by atoms with van der Waals surface area (Å²) in [6, 6.07) is 13.1. The molecule has 0 aliphatic rings. The highest BCUT2D eigenvalue weighted by molar-refractivity contribution is 7.91. The van der Waals surface area contributed by atoms with Crippen molar-refractivity contribution < 1.29 is 13.2 Å². The van der Waals surface area contributed by atoms with Crippen LogP contribution in [0, 0.1) is 0 Å². The number of ether oxygens (including phenoxy) is 1. The van der Waals surface area contributed by atoms with E-state index in [0.29, 0.717) is 16.5 Å². The Morgan fingerprint density at radius 1 is 1.10 bits per heavy atom. The van der Waals surface area contributed by atoms with Crippen molar-refractivity contribution in [2.75, 3.05) is 18.1 Å². The molecule has 0 bridgehead atoms. The molecule has 106 valence electrons. The molecule has 2 aromatic carbocycles. The van der Waals surface area contributed by atoms with Gasteiger partial charge in [-0.3, -0.25) is 0 Å². The summed E-state index contributed by atoms with van der Waals surface area (Å²) in [7, 11) is -3.42. The van der Waals surface area contributed by atoms with E-state index in [-0.39, 0.29) is 17.3 Å². The number of anilines is 1. The van der Waals surface area contributed by atoms with Gasteiger partial charge in [-0.25, -0.2) is 8.42 Å². The second-order valence-electron chi connectivity index (χ2n) is 4.16. The van der Waals surface area contributed by atoms with Crippen LogP contribution in [0.15, 0.2) is 53.4 Å². The van der Waals surface area contributed by atoms with Gasteiger partial charge in [0.25, 0.3) is 0 Å². The van der Waals surface area contributed by atoms with E-state index in [2.05, 4.69) is 0 Å². The molecule has 0 heterocycles. The molecule has 0 saturated heterocycles. The highest BCUT2D eigenvalue weighted by Crippen LogP contribution is 2.20. The molecule has 2 aromatic rings. The zero-order valence-corrected chi connectivity index (χ0v) is 12.2. The molecule has 0 spiro atoms. The third-order valence-electron chi connectivity index (χ3n) is 2.68. The van der Waals surface area contributed by atoms with Crippen LogP contribution in [-0.4, -0.2) is 20.8 Å². The lowest BCUT2D eigenvalue weighted by atomic mass is 10.3. The summed E-state index contributed by atoms with van der Waals surface area (Å²) < 4.78 is 29.6. The normalized spacial score (nSPS) is 11.2. The van der Waals surface area contributed by atoms with Gasteiger partial charge < -0.3 is 10.5 Å². The second kappa shape index (κ2) is 6.15. The first kappa shape index (κ1) is 14.7. The number of nitrogens with two attached hydrogens (primary N) is 1. The van der Waals surface area contributed by atoms with Gasteiger partial charge in [0.1, 0.15) is 12.4 Å². The summed E-state index contributed by atoms with van der Waals surface area (Å²) in [4.78, 5) is 0.189. The smallest absolute Gasteiger partial charge is 0.181 e. The second-order valence-corrected chi connectivity index (χ2v) is 6.71. The highest BCUT2D eigenvalue weighted by Gasteiger charge is 2.15. The monoisotopic (exact) mass is 311 g/mol. The lowest BCUT2D eigenvalue weighted by molar-refractivity contribution is 0.342. The van der Waals surface area contributed by atoms with Crippen molar-refractivity contribution in [3.05, 3.63) is 53.6 Å². The van der Waals surface area contributed by atoms with E-state index in [9.17, 15) is 8.42 Å². The SMILES string of the molecule is Nc1ccccc1OCCS(=O)(=O)c1cccc(Cl)c1. The Kier molecular flexibility index (Phi) is 4.52. The molecule has 20 heavy (non-hydrogen) atoms. The van der Waals surface area contributed by atoms with Crippen LogP contribution in [0.25, 0.3) is 0 Å². The molecule has 0 fully saturated rings. The third kappa shape index (κ3) is 3.65. The summed E-state index contributed by atoms with van der Waals surface area (Å²) in [6.07, 6.45) is 0. The topological polar surface area (TPSA) is 69.4 Å². The molecule has 0 aromatic heterocycles. The van der Waals surface area contributed by atoms with Crippen molar-refractivity contribution in [3.8, 4) is 5.75 Å². The molecule has 6 heteroatoms. The van der Waals surface area contributed by atoms with Gasteiger partial charge in [-0.15, -0.1) is 0 Å². The zero-order chi connectivity index (χ0) is 14.6. The van der Waals surface area contributed by atoms with E-state index in [4.69, 9.17) is 22.1 Å². The zero-order valence-electron chi connectivity index (χ0n) is 10.6. The van der Waals surface area contributed by atoms with Crippen molar-refractivity contribution >= 4 is 27.1 Å². The van der Waals surface area contributed by atoms with Gasteiger partial charge >= 0.3 is 0 Å². The minimum Gasteiger partial charge on any atom is -0.490 e. The summed E-state index contributed by atoms with van der Waals surface area (Å²) in [5.41, 5.74) is 6.19. The highest BCUT2D eigenvalue weighted by atomic mass is 35.5. The van der Waals surface area contributed by atoms with Crippen molar-refractivity contribution in [1.82, 2.24) is 0 Å². The van der Waals surface area contributed by atoms with Crippen LogP contribution in [0.5, 0.6) is 5.75 Å². The Labute approximate surface area is 123 Å². The van der Waals surface area contributed by atoms with Crippen molar-refractivity contribution in [2.45, 2.75) is 4.90 Å². The van der Waals surface area contributed by atoms with Gasteiger partial charge in [-0.1, -0.05) is 29.8 Å². The van der Waals surface area contributed by atoms with Crippen LogP contribution in [0.1, 0.15) is 0 Å². The Morgan fingerprint density at radius 3 is 2.55 bits per heavy atom. The lowest BCUT2D eigenvalue weighted by Crippen LogP contribution is -2.14. The fourth-order valence-corrected chi connectivity index (χ4v) is 3.04. The summed E-state index contributed by atoms with van der Waals surface area (Å²) >= 11 is 5.79. The van der Waals surface area contributed by atoms with E-state index < -0.39 is 9.84 Å². The van der Waals surface area contributed by atoms with Crippen molar-refractivity contribution in [2.24, 2.45) is 0 Å². The first-order valence-corrected chi connectivity index (χ1v) is 7.98. The predicted octanol–water partition coefficient (Wildman–Crippen LogP) is 2.77. The first-order chi connectivity index (χ1) is 9.49. The number of hydrogen-bond acceptors (Lipinski definition) is 4. The maximum atomic E-state index is 12.1. The number of halogens is 1. The maximum absolute atomic E-state index is 12.1. The number of benzene rings is 2. The van der Waals surface area contributed by atoms with Gasteiger partial charge in [0.15, 0.2) is 9.84 Å². The van der Waals surface area contributed by atoms with Crippen LogP contribution in [0.4, 0.5) is 5.69 Å².